The highest BCUT2D eigenvalue weighted by molar-refractivity contribution is 8.00. The number of thiophene rings is 1. The van der Waals surface area contributed by atoms with Gasteiger partial charge < -0.3 is 9.47 Å². The minimum Gasteiger partial charge on any atom is -0.373 e. The van der Waals surface area contributed by atoms with Gasteiger partial charge in [0, 0.05) is 31.1 Å². The van der Waals surface area contributed by atoms with Crippen molar-refractivity contribution in [3.8, 4) is 10.7 Å². The molecule has 1 aliphatic rings. The SMILES string of the molecule is CN(CC1(Sc2nnc(-c3cccs3)n2C)CC1)c1ccccc1. The van der Waals surface area contributed by atoms with Gasteiger partial charge in [0.05, 0.1) is 4.88 Å². The third-order valence-corrected chi connectivity index (χ3v) is 6.79. The van der Waals surface area contributed by atoms with Gasteiger partial charge in [-0.2, -0.15) is 0 Å². The second kappa shape index (κ2) is 6.26. The summed E-state index contributed by atoms with van der Waals surface area (Å²) in [6.45, 7) is 1.03. The molecule has 4 rings (SSSR count). The number of benzene rings is 1. The first kappa shape index (κ1) is 15.7. The number of thioether (sulfide) groups is 1. The van der Waals surface area contributed by atoms with Crippen molar-refractivity contribution in [3.05, 3.63) is 47.8 Å². The van der Waals surface area contributed by atoms with Crippen molar-refractivity contribution in [2.24, 2.45) is 7.05 Å². The molecule has 1 saturated carbocycles. The molecule has 0 saturated heterocycles. The van der Waals surface area contributed by atoms with E-state index in [-0.39, 0.29) is 4.75 Å². The molecule has 3 aromatic rings. The summed E-state index contributed by atoms with van der Waals surface area (Å²) in [7, 11) is 4.23. The fraction of sp³-hybridized carbons (Fsp3) is 0.333. The molecule has 4 nitrogen and oxygen atoms in total. The molecule has 0 aliphatic heterocycles. The molecule has 0 unspecified atom stereocenters. The Hall–Kier alpha value is -1.79. The monoisotopic (exact) mass is 356 g/mol. The zero-order valence-electron chi connectivity index (χ0n) is 13.8. The maximum absolute atomic E-state index is 4.44. The van der Waals surface area contributed by atoms with Crippen LogP contribution < -0.4 is 4.90 Å². The Morgan fingerprint density at radius 1 is 1.17 bits per heavy atom. The number of aromatic nitrogens is 3. The summed E-state index contributed by atoms with van der Waals surface area (Å²) >= 11 is 3.58. The number of para-hydroxylation sites is 1. The Bertz CT molecular complexity index is 807. The van der Waals surface area contributed by atoms with Crippen LogP contribution >= 0.6 is 23.1 Å². The molecule has 0 atom stereocenters. The topological polar surface area (TPSA) is 34.0 Å². The molecule has 0 spiro atoms. The van der Waals surface area contributed by atoms with Crippen molar-refractivity contribution < 1.29 is 0 Å². The Balaban J connectivity index is 1.49. The molecule has 2 aromatic heterocycles. The fourth-order valence-electron chi connectivity index (χ4n) is 2.86. The minimum atomic E-state index is 0.262. The van der Waals surface area contributed by atoms with Crippen LogP contribution in [0.4, 0.5) is 5.69 Å². The summed E-state index contributed by atoms with van der Waals surface area (Å²) in [6, 6.07) is 14.7. The summed E-state index contributed by atoms with van der Waals surface area (Å²) in [6.07, 6.45) is 2.46. The lowest BCUT2D eigenvalue weighted by atomic mass is 10.3. The average Bonchev–Trinajstić information content (AvgIpc) is 2.98. The summed E-state index contributed by atoms with van der Waals surface area (Å²) in [5.74, 6) is 0.958. The summed E-state index contributed by atoms with van der Waals surface area (Å²) < 4.78 is 2.39. The van der Waals surface area contributed by atoms with E-state index in [1.807, 2.05) is 11.8 Å². The third kappa shape index (κ3) is 3.08. The second-order valence-corrected chi connectivity index (χ2v) is 8.70. The first-order chi connectivity index (χ1) is 11.7. The first-order valence-corrected chi connectivity index (χ1v) is 9.75. The number of hydrogen-bond donors (Lipinski definition) is 0. The molecule has 6 heteroatoms. The predicted molar refractivity (Wildman–Crippen MR) is 102 cm³/mol. The molecule has 1 aromatic carbocycles. The summed E-state index contributed by atoms with van der Waals surface area (Å²) in [4.78, 5) is 3.51. The first-order valence-electron chi connectivity index (χ1n) is 8.05. The summed E-state index contributed by atoms with van der Waals surface area (Å²) in [5.41, 5.74) is 1.27. The maximum Gasteiger partial charge on any atom is 0.191 e. The molecule has 1 fully saturated rings. The van der Waals surface area contributed by atoms with Crippen LogP contribution in [0, 0.1) is 0 Å². The van der Waals surface area contributed by atoms with Crippen molar-refractivity contribution in [2.45, 2.75) is 22.7 Å². The van der Waals surface area contributed by atoms with Gasteiger partial charge >= 0.3 is 0 Å². The normalized spacial score (nSPS) is 15.4. The lowest BCUT2D eigenvalue weighted by molar-refractivity contribution is 0.773. The molecule has 0 N–H and O–H groups in total. The minimum absolute atomic E-state index is 0.262. The van der Waals surface area contributed by atoms with Gasteiger partial charge in [-0.1, -0.05) is 36.0 Å². The highest BCUT2D eigenvalue weighted by atomic mass is 32.2. The molecule has 124 valence electrons. The Morgan fingerprint density at radius 2 is 1.96 bits per heavy atom. The number of nitrogens with zero attached hydrogens (tertiary/aromatic N) is 4. The van der Waals surface area contributed by atoms with Crippen LogP contribution in [-0.4, -0.2) is 33.1 Å². The van der Waals surface area contributed by atoms with Gasteiger partial charge in [-0.25, -0.2) is 0 Å². The van der Waals surface area contributed by atoms with Gasteiger partial charge in [0.1, 0.15) is 0 Å². The maximum atomic E-state index is 4.44. The van der Waals surface area contributed by atoms with Crippen molar-refractivity contribution in [2.75, 3.05) is 18.5 Å². The van der Waals surface area contributed by atoms with Gasteiger partial charge in [-0.3, -0.25) is 0 Å². The van der Waals surface area contributed by atoms with Gasteiger partial charge in [0.2, 0.25) is 0 Å². The van der Waals surface area contributed by atoms with E-state index >= 15 is 0 Å². The van der Waals surface area contributed by atoms with Crippen LogP contribution in [0.15, 0.2) is 53.0 Å². The fourth-order valence-corrected chi connectivity index (χ4v) is 4.86. The van der Waals surface area contributed by atoms with E-state index in [4.69, 9.17) is 0 Å². The molecule has 24 heavy (non-hydrogen) atoms. The van der Waals surface area contributed by atoms with E-state index in [0.29, 0.717) is 0 Å². The Morgan fingerprint density at radius 3 is 2.62 bits per heavy atom. The van der Waals surface area contributed by atoms with E-state index < -0.39 is 0 Å². The smallest absolute Gasteiger partial charge is 0.191 e. The van der Waals surface area contributed by atoms with Gasteiger partial charge in [-0.15, -0.1) is 21.5 Å². The van der Waals surface area contributed by atoms with Gasteiger partial charge in [0.15, 0.2) is 11.0 Å². The van der Waals surface area contributed by atoms with Crippen LogP contribution in [0.25, 0.3) is 10.7 Å². The highest BCUT2D eigenvalue weighted by Gasteiger charge is 2.46. The summed E-state index contributed by atoms with van der Waals surface area (Å²) in [5, 5.41) is 11.9. The van der Waals surface area contributed by atoms with Crippen LogP contribution in [0.3, 0.4) is 0 Å². The van der Waals surface area contributed by atoms with E-state index in [1.165, 1.54) is 23.4 Å². The molecule has 1 aliphatic carbocycles. The van der Waals surface area contributed by atoms with Crippen molar-refractivity contribution in [1.29, 1.82) is 0 Å². The van der Waals surface area contributed by atoms with Crippen molar-refractivity contribution in [3.63, 3.8) is 0 Å². The van der Waals surface area contributed by atoms with E-state index in [0.717, 1.165) is 17.5 Å². The molecular formula is C18H20N4S2. The van der Waals surface area contributed by atoms with Crippen molar-refractivity contribution in [1.82, 2.24) is 14.8 Å². The predicted octanol–water partition coefficient (Wildman–Crippen LogP) is 4.30. The molecular weight excluding hydrogens is 336 g/mol. The van der Waals surface area contributed by atoms with Gasteiger partial charge in [0.25, 0.3) is 0 Å². The number of hydrogen-bond acceptors (Lipinski definition) is 5. The quantitative estimate of drug-likeness (QED) is 0.659. The Labute approximate surface area is 150 Å². The second-order valence-electron chi connectivity index (χ2n) is 6.32. The van der Waals surface area contributed by atoms with Crippen LogP contribution in [0.2, 0.25) is 0 Å². The lowest BCUT2D eigenvalue weighted by Gasteiger charge is -2.25. The molecule has 2 heterocycles. The average molecular weight is 357 g/mol. The third-order valence-electron chi connectivity index (χ3n) is 4.41. The van der Waals surface area contributed by atoms with Crippen LogP contribution in [0.5, 0.6) is 0 Å². The lowest BCUT2D eigenvalue weighted by Crippen LogP contribution is -2.28. The largest absolute Gasteiger partial charge is 0.373 e. The number of rotatable bonds is 6. The van der Waals surface area contributed by atoms with Crippen LogP contribution in [0.1, 0.15) is 12.8 Å². The van der Waals surface area contributed by atoms with E-state index in [1.54, 1.807) is 11.3 Å². The molecule has 0 radical (unpaired) electrons. The van der Waals surface area contributed by atoms with E-state index in [9.17, 15) is 0 Å². The standard InChI is InChI=1S/C18H20N4S2/c1-21(14-7-4-3-5-8-14)13-18(10-11-18)24-17-20-19-16(22(17)2)15-9-6-12-23-15/h3-9,12H,10-11,13H2,1-2H3. The number of anilines is 1. The van der Waals surface area contributed by atoms with Gasteiger partial charge in [-0.05, 0) is 36.4 Å². The van der Waals surface area contributed by atoms with Crippen LogP contribution in [-0.2, 0) is 7.05 Å². The zero-order chi connectivity index (χ0) is 16.6. The van der Waals surface area contributed by atoms with Crippen molar-refractivity contribution >= 4 is 28.8 Å². The zero-order valence-corrected chi connectivity index (χ0v) is 15.5. The highest BCUT2D eigenvalue weighted by Crippen LogP contribution is 2.52. The molecule has 0 amide bonds. The van der Waals surface area contributed by atoms with E-state index in [2.05, 4.69) is 81.6 Å². The molecule has 0 bridgehead atoms. The Kier molecular flexibility index (Phi) is 4.10.